The smallest absolute Gasteiger partial charge is 0.166 e. The van der Waals surface area contributed by atoms with Crippen molar-refractivity contribution in [3.63, 3.8) is 0 Å². The van der Waals surface area contributed by atoms with E-state index in [4.69, 9.17) is 4.74 Å². The molecule has 0 radical (unpaired) electrons. The van der Waals surface area contributed by atoms with Gasteiger partial charge in [0.05, 0.1) is 13.2 Å². The Hall–Kier alpha value is -2.13. The second-order valence-electron chi connectivity index (χ2n) is 5.45. The topological polar surface area (TPSA) is 46.5 Å². The molecule has 0 bridgehead atoms. The highest BCUT2D eigenvalue weighted by Crippen LogP contribution is 2.33. The maximum Gasteiger partial charge on any atom is 0.166 e. The molecule has 2 aromatic rings. The van der Waals surface area contributed by atoms with E-state index >= 15 is 0 Å². The number of carbonyl (C=O) groups is 1. The predicted molar refractivity (Wildman–Crippen MR) is 80.5 cm³/mol. The first kappa shape index (κ1) is 13.8. The quantitative estimate of drug-likeness (QED) is 0.937. The second kappa shape index (κ2) is 5.70. The fourth-order valence-electron chi connectivity index (χ4n) is 2.96. The molecule has 2 unspecified atom stereocenters. The van der Waals surface area contributed by atoms with E-state index in [2.05, 4.69) is 0 Å². The molecule has 1 aliphatic rings. The third-order valence-corrected chi connectivity index (χ3v) is 4.11. The Balaban J connectivity index is 1.74. The fourth-order valence-corrected chi connectivity index (χ4v) is 2.96. The average molecular weight is 282 g/mol. The summed E-state index contributed by atoms with van der Waals surface area (Å²) in [6.07, 6.45) is 0.514. The van der Waals surface area contributed by atoms with Gasteiger partial charge < -0.3 is 9.84 Å². The zero-order valence-electron chi connectivity index (χ0n) is 12.0. The Morgan fingerprint density at radius 1 is 1.24 bits per heavy atom. The van der Waals surface area contributed by atoms with Crippen molar-refractivity contribution in [3.8, 4) is 5.75 Å². The van der Waals surface area contributed by atoms with Crippen LogP contribution in [0.2, 0.25) is 0 Å². The second-order valence-corrected chi connectivity index (χ2v) is 5.45. The molecule has 3 heteroatoms. The van der Waals surface area contributed by atoms with Gasteiger partial charge in [0.1, 0.15) is 5.75 Å². The summed E-state index contributed by atoms with van der Waals surface area (Å²) in [5, 5.41) is 10.4. The summed E-state index contributed by atoms with van der Waals surface area (Å²) in [5.74, 6) is 0.726. The monoisotopic (exact) mass is 282 g/mol. The molecule has 0 fully saturated rings. The number of hydrogen-bond acceptors (Lipinski definition) is 3. The van der Waals surface area contributed by atoms with E-state index < -0.39 is 6.10 Å². The third kappa shape index (κ3) is 2.69. The molecule has 2 aromatic carbocycles. The third-order valence-electron chi connectivity index (χ3n) is 4.11. The SMILES string of the molecule is COc1cccc(C(O)CC2Cc3ccccc3C2=O)c1. The fraction of sp³-hybridized carbons (Fsp3) is 0.278. The van der Waals surface area contributed by atoms with Gasteiger partial charge in [-0.05, 0) is 36.1 Å². The largest absolute Gasteiger partial charge is 0.497 e. The first-order valence-electron chi connectivity index (χ1n) is 7.13. The molecule has 0 saturated carbocycles. The van der Waals surface area contributed by atoms with Gasteiger partial charge in [-0.25, -0.2) is 0 Å². The lowest BCUT2D eigenvalue weighted by Crippen LogP contribution is -2.13. The van der Waals surface area contributed by atoms with E-state index in [0.29, 0.717) is 12.2 Å². The molecule has 0 amide bonds. The van der Waals surface area contributed by atoms with Gasteiger partial charge in [0.25, 0.3) is 0 Å². The van der Waals surface area contributed by atoms with Gasteiger partial charge in [0.15, 0.2) is 5.78 Å². The van der Waals surface area contributed by atoms with Crippen molar-refractivity contribution in [2.75, 3.05) is 7.11 Å². The van der Waals surface area contributed by atoms with Gasteiger partial charge in [-0.3, -0.25) is 4.79 Å². The summed E-state index contributed by atoms with van der Waals surface area (Å²) in [4.78, 5) is 12.4. The van der Waals surface area contributed by atoms with E-state index in [-0.39, 0.29) is 11.7 Å². The number of aliphatic hydroxyl groups is 1. The molecule has 1 aliphatic carbocycles. The molecule has 1 N–H and O–H groups in total. The summed E-state index contributed by atoms with van der Waals surface area (Å²) in [7, 11) is 1.60. The lowest BCUT2D eigenvalue weighted by molar-refractivity contribution is 0.0856. The number of Topliss-reactive ketones (excluding diaryl/α,β-unsaturated/α-hetero) is 1. The predicted octanol–water partition coefficient (Wildman–Crippen LogP) is 3.17. The van der Waals surface area contributed by atoms with Gasteiger partial charge in [-0.15, -0.1) is 0 Å². The molecule has 0 spiro atoms. The highest BCUT2D eigenvalue weighted by atomic mass is 16.5. The van der Waals surface area contributed by atoms with Crippen molar-refractivity contribution in [3.05, 3.63) is 65.2 Å². The van der Waals surface area contributed by atoms with Crippen molar-refractivity contribution >= 4 is 5.78 Å². The van der Waals surface area contributed by atoms with E-state index in [1.807, 2.05) is 48.5 Å². The van der Waals surface area contributed by atoms with E-state index in [9.17, 15) is 9.90 Å². The van der Waals surface area contributed by atoms with E-state index in [1.54, 1.807) is 7.11 Å². The average Bonchev–Trinajstić information content (AvgIpc) is 2.84. The van der Waals surface area contributed by atoms with Crippen LogP contribution in [0.3, 0.4) is 0 Å². The first-order valence-corrected chi connectivity index (χ1v) is 7.13. The first-order chi connectivity index (χ1) is 10.2. The van der Waals surface area contributed by atoms with Gasteiger partial charge in [-0.2, -0.15) is 0 Å². The van der Waals surface area contributed by atoms with Gasteiger partial charge >= 0.3 is 0 Å². The zero-order valence-corrected chi connectivity index (χ0v) is 12.0. The highest BCUT2D eigenvalue weighted by molar-refractivity contribution is 6.02. The maximum absolute atomic E-state index is 12.4. The van der Waals surface area contributed by atoms with Gasteiger partial charge in [0, 0.05) is 11.5 Å². The molecule has 0 aromatic heterocycles. The molecule has 0 aliphatic heterocycles. The van der Waals surface area contributed by atoms with Crippen LogP contribution >= 0.6 is 0 Å². The molecule has 0 heterocycles. The number of benzene rings is 2. The standard InChI is InChI=1S/C18H18O3/c1-21-15-7-4-6-13(10-15)17(19)11-14-9-12-5-2-3-8-16(12)18(14)20/h2-8,10,14,17,19H,9,11H2,1H3. The van der Waals surface area contributed by atoms with Crippen LogP contribution in [0.5, 0.6) is 5.75 Å². The minimum Gasteiger partial charge on any atom is -0.497 e. The van der Waals surface area contributed by atoms with Crippen molar-refractivity contribution in [1.82, 2.24) is 0 Å². The van der Waals surface area contributed by atoms with Crippen LogP contribution in [-0.4, -0.2) is 18.0 Å². The number of ketones is 1. The van der Waals surface area contributed by atoms with Crippen molar-refractivity contribution < 1.29 is 14.6 Å². The molecule has 3 rings (SSSR count). The molecule has 108 valence electrons. The van der Waals surface area contributed by atoms with Crippen LogP contribution < -0.4 is 4.74 Å². The Kier molecular flexibility index (Phi) is 3.76. The summed E-state index contributed by atoms with van der Waals surface area (Å²) in [5.41, 5.74) is 2.68. The van der Waals surface area contributed by atoms with Crippen LogP contribution in [0.15, 0.2) is 48.5 Å². The summed E-state index contributed by atoms with van der Waals surface area (Å²) >= 11 is 0. The highest BCUT2D eigenvalue weighted by Gasteiger charge is 2.31. The lowest BCUT2D eigenvalue weighted by atomic mass is 9.94. The molecule has 3 nitrogen and oxygen atoms in total. The molecular weight excluding hydrogens is 264 g/mol. The normalized spacial score (nSPS) is 18.4. The van der Waals surface area contributed by atoms with Crippen LogP contribution in [0.4, 0.5) is 0 Å². The number of carbonyl (C=O) groups excluding carboxylic acids is 1. The Morgan fingerprint density at radius 2 is 2.05 bits per heavy atom. The van der Waals surface area contributed by atoms with Crippen LogP contribution in [0, 0.1) is 5.92 Å². The number of methoxy groups -OCH3 is 1. The summed E-state index contributed by atoms with van der Waals surface area (Å²) in [6.45, 7) is 0. The van der Waals surface area contributed by atoms with E-state index in [1.165, 1.54) is 0 Å². The Bertz CT molecular complexity index is 663. The van der Waals surface area contributed by atoms with Crippen LogP contribution in [0.25, 0.3) is 0 Å². The van der Waals surface area contributed by atoms with Gasteiger partial charge in [-0.1, -0.05) is 36.4 Å². The van der Waals surface area contributed by atoms with Crippen molar-refractivity contribution in [2.24, 2.45) is 5.92 Å². The Labute approximate surface area is 124 Å². The lowest BCUT2D eigenvalue weighted by Gasteiger charge is -2.15. The summed E-state index contributed by atoms with van der Waals surface area (Å²) in [6, 6.07) is 15.1. The zero-order chi connectivity index (χ0) is 14.8. The number of rotatable bonds is 4. The van der Waals surface area contributed by atoms with Crippen LogP contribution in [-0.2, 0) is 6.42 Å². The minimum absolute atomic E-state index is 0.136. The summed E-state index contributed by atoms with van der Waals surface area (Å²) < 4.78 is 5.17. The maximum atomic E-state index is 12.4. The number of fused-ring (bicyclic) bond motifs is 1. The molecule has 0 saturated heterocycles. The minimum atomic E-state index is -0.650. The number of ether oxygens (including phenoxy) is 1. The number of hydrogen-bond donors (Lipinski definition) is 1. The Morgan fingerprint density at radius 3 is 2.81 bits per heavy atom. The molecular formula is C18H18O3. The van der Waals surface area contributed by atoms with Crippen LogP contribution in [0.1, 0.15) is 34.0 Å². The number of aliphatic hydroxyl groups excluding tert-OH is 1. The molecule has 2 atom stereocenters. The molecule has 21 heavy (non-hydrogen) atoms. The van der Waals surface area contributed by atoms with Crippen molar-refractivity contribution in [2.45, 2.75) is 18.9 Å². The van der Waals surface area contributed by atoms with Crippen molar-refractivity contribution in [1.29, 1.82) is 0 Å². The van der Waals surface area contributed by atoms with E-state index in [0.717, 1.165) is 23.1 Å². The van der Waals surface area contributed by atoms with Gasteiger partial charge in [0.2, 0.25) is 0 Å².